The number of nitrogens with one attached hydrogen (secondary N) is 1. The van der Waals surface area contributed by atoms with E-state index in [-0.39, 0.29) is 26.4 Å². The van der Waals surface area contributed by atoms with Gasteiger partial charge in [0.25, 0.3) is 0 Å². The Hall–Kier alpha value is -5.70. The number of carbonyl (C=O) groups excluding carboxylic acids is 3. The fraction of sp³-hybridized carbons (Fsp3) is 0.118. The lowest BCUT2D eigenvalue weighted by molar-refractivity contribution is 0.116. The Morgan fingerprint density at radius 3 is 1.63 bits per heavy atom. The van der Waals surface area contributed by atoms with E-state index in [1.165, 1.54) is 0 Å². The van der Waals surface area contributed by atoms with E-state index in [2.05, 4.69) is 10.3 Å². The highest BCUT2D eigenvalue weighted by Crippen LogP contribution is 2.08. The highest BCUT2D eigenvalue weighted by Gasteiger charge is 2.24. The molecule has 9 heteroatoms. The second kappa shape index (κ2) is 16.5. The van der Waals surface area contributed by atoms with Crippen molar-refractivity contribution in [2.75, 3.05) is 6.54 Å². The van der Waals surface area contributed by atoms with Crippen molar-refractivity contribution in [2.45, 2.75) is 19.8 Å². The Kier molecular flexibility index (Phi) is 11.6. The van der Waals surface area contributed by atoms with E-state index in [0.717, 1.165) is 27.2 Å². The molecule has 0 unspecified atom stereocenters. The minimum atomic E-state index is -1.02. The zero-order valence-corrected chi connectivity index (χ0v) is 23.4. The van der Waals surface area contributed by atoms with E-state index < -0.39 is 24.2 Å². The van der Waals surface area contributed by atoms with Crippen molar-refractivity contribution in [3.05, 3.63) is 150 Å². The quantitative estimate of drug-likeness (QED) is 0.131. The Bertz CT molecular complexity index is 1510. The molecule has 4 rings (SSSR count). The van der Waals surface area contributed by atoms with Gasteiger partial charge in [-0.2, -0.15) is 0 Å². The molecule has 0 aliphatic heterocycles. The summed E-state index contributed by atoms with van der Waals surface area (Å²) in [6.07, 6.45) is 0.679. The van der Waals surface area contributed by atoms with Gasteiger partial charge in [0.1, 0.15) is 19.8 Å². The summed E-state index contributed by atoms with van der Waals surface area (Å²) >= 11 is 0. The smallest absolute Gasteiger partial charge is 0.437 e. The van der Waals surface area contributed by atoms with Crippen LogP contribution in [0, 0.1) is 0 Å². The topological polar surface area (TPSA) is 107 Å². The molecule has 0 saturated heterocycles. The molecule has 0 atom stereocenters. The van der Waals surface area contributed by atoms with Crippen LogP contribution in [-0.2, 0) is 34.0 Å². The number of alkyl carbamates (subject to hydrolysis) is 1. The van der Waals surface area contributed by atoms with Gasteiger partial charge in [0.05, 0.1) is 6.54 Å². The molecule has 0 heterocycles. The third-order valence-electron chi connectivity index (χ3n) is 5.91. The molecule has 0 bridgehead atoms. The van der Waals surface area contributed by atoms with Crippen LogP contribution in [0.2, 0.25) is 0 Å². The van der Waals surface area contributed by atoms with Crippen molar-refractivity contribution >= 4 is 30.3 Å². The predicted octanol–water partition coefficient (Wildman–Crippen LogP) is 6.96. The van der Waals surface area contributed by atoms with Crippen molar-refractivity contribution in [3.8, 4) is 0 Å². The van der Waals surface area contributed by atoms with Gasteiger partial charge < -0.3 is 14.2 Å². The molecule has 1 N–H and O–H groups in total. The van der Waals surface area contributed by atoms with Crippen LogP contribution in [0.15, 0.2) is 132 Å². The minimum absolute atomic E-state index is 0.0369. The van der Waals surface area contributed by atoms with E-state index in [9.17, 15) is 14.4 Å². The molecular formula is C34H31N3O6. The Labute approximate surface area is 250 Å². The Balaban J connectivity index is 1.55. The molecule has 3 amide bonds. The summed E-state index contributed by atoms with van der Waals surface area (Å²) in [4.78, 5) is 43.9. The van der Waals surface area contributed by atoms with E-state index in [0.29, 0.717) is 0 Å². The van der Waals surface area contributed by atoms with Gasteiger partial charge in [-0.15, -0.1) is 4.99 Å². The summed E-state index contributed by atoms with van der Waals surface area (Å²) in [7, 11) is 0. The van der Waals surface area contributed by atoms with Gasteiger partial charge in [-0.05, 0) is 22.3 Å². The molecule has 0 radical (unpaired) electrons. The maximum Gasteiger partial charge on any atom is 0.437 e. The first-order valence-electron chi connectivity index (χ1n) is 13.5. The molecule has 0 fully saturated rings. The fourth-order valence-corrected chi connectivity index (χ4v) is 3.75. The van der Waals surface area contributed by atoms with Gasteiger partial charge in [-0.3, -0.25) is 5.32 Å². The highest BCUT2D eigenvalue weighted by molar-refractivity contribution is 6.05. The maximum atomic E-state index is 13.4. The van der Waals surface area contributed by atoms with Gasteiger partial charge in [-0.1, -0.05) is 133 Å². The van der Waals surface area contributed by atoms with Crippen LogP contribution in [-0.4, -0.2) is 35.7 Å². The molecule has 4 aromatic carbocycles. The van der Waals surface area contributed by atoms with E-state index in [1.807, 2.05) is 97.1 Å². The first-order chi connectivity index (χ1) is 21.1. The monoisotopic (exact) mass is 577 g/mol. The number of nitrogens with zero attached hydrogens (tertiary/aromatic N) is 2. The number of carbonyl (C=O) groups is 3. The normalized spacial score (nSPS) is 11.0. The van der Waals surface area contributed by atoms with Crippen molar-refractivity contribution in [2.24, 2.45) is 4.99 Å². The molecule has 0 saturated carbocycles. The van der Waals surface area contributed by atoms with Crippen LogP contribution in [0.5, 0.6) is 0 Å². The van der Waals surface area contributed by atoms with E-state index in [1.54, 1.807) is 36.4 Å². The molecule has 0 spiro atoms. The first-order valence-corrected chi connectivity index (χ1v) is 13.5. The predicted molar refractivity (Wildman–Crippen MR) is 163 cm³/mol. The highest BCUT2D eigenvalue weighted by atomic mass is 16.6. The first kappa shape index (κ1) is 30.3. The fourth-order valence-electron chi connectivity index (χ4n) is 3.75. The molecule has 0 aliphatic rings. The maximum absolute atomic E-state index is 13.4. The summed E-state index contributed by atoms with van der Waals surface area (Å²) in [6.45, 7) is -0.221. The van der Waals surface area contributed by atoms with Crippen LogP contribution in [0.4, 0.5) is 14.4 Å². The Morgan fingerprint density at radius 2 is 1.09 bits per heavy atom. The summed E-state index contributed by atoms with van der Waals surface area (Å²) in [6, 6.07) is 36.7. The summed E-state index contributed by atoms with van der Waals surface area (Å²) in [5, 5.41) is 2.42. The van der Waals surface area contributed by atoms with Gasteiger partial charge in [0.15, 0.2) is 0 Å². The van der Waals surface area contributed by atoms with Gasteiger partial charge in [0, 0.05) is 0 Å². The molecule has 43 heavy (non-hydrogen) atoms. The second-order valence-corrected chi connectivity index (χ2v) is 9.13. The zero-order chi connectivity index (χ0) is 30.1. The third kappa shape index (κ3) is 10.7. The molecule has 4 aromatic rings. The lowest BCUT2D eigenvalue weighted by Crippen LogP contribution is -2.48. The lowest BCUT2D eigenvalue weighted by atomic mass is 10.2. The number of hydrogen-bond donors (Lipinski definition) is 1. The summed E-state index contributed by atoms with van der Waals surface area (Å²) in [5.74, 6) is -0.410. The minimum Gasteiger partial charge on any atom is -0.444 e. The number of hydrogen-bond acceptors (Lipinski definition) is 6. The largest absolute Gasteiger partial charge is 0.444 e. The molecule has 9 nitrogen and oxygen atoms in total. The van der Waals surface area contributed by atoms with Gasteiger partial charge >= 0.3 is 18.3 Å². The van der Waals surface area contributed by atoms with Crippen LogP contribution < -0.4 is 5.32 Å². The average Bonchev–Trinajstić information content (AvgIpc) is 3.05. The van der Waals surface area contributed by atoms with Crippen molar-refractivity contribution in [3.63, 3.8) is 0 Å². The summed E-state index contributed by atoms with van der Waals surface area (Å²) in [5.41, 5.74) is 3.14. The number of ether oxygens (including phenoxy) is 3. The second-order valence-electron chi connectivity index (χ2n) is 9.13. The molecular weight excluding hydrogens is 546 g/mol. The number of rotatable bonds is 9. The SMILES string of the molecule is O=C(N=C(NC(=O)OCc1ccccc1)N(CC=Cc1ccccc1)C(=O)OCc1ccccc1)OCc1ccccc1. The van der Waals surface area contributed by atoms with E-state index in [4.69, 9.17) is 14.2 Å². The van der Waals surface area contributed by atoms with Crippen LogP contribution in [0.25, 0.3) is 6.08 Å². The number of guanidine groups is 1. The van der Waals surface area contributed by atoms with Gasteiger partial charge in [-0.25, -0.2) is 19.3 Å². The number of amides is 3. The number of benzene rings is 4. The average molecular weight is 578 g/mol. The number of aliphatic imine (C=N–C) groups is 1. The zero-order valence-electron chi connectivity index (χ0n) is 23.4. The van der Waals surface area contributed by atoms with Crippen molar-refractivity contribution in [1.29, 1.82) is 0 Å². The Morgan fingerprint density at radius 1 is 0.628 bits per heavy atom. The molecule has 0 aliphatic carbocycles. The van der Waals surface area contributed by atoms with Gasteiger partial charge in [0.2, 0.25) is 5.96 Å². The lowest BCUT2D eigenvalue weighted by Gasteiger charge is -2.22. The molecule has 218 valence electrons. The summed E-state index contributed by atoms with van der Waals surface area (Å²) < 4.78 is 16.1. The van der Waals surface area contributed by atoms with Crippen molar-refractivity contribution in [1.82, 2.24) is 10.2 Å². The van der Waals surface area contributed by atoms with Crippen LogP contribution in [0.1, 0.15) is 22.3 Å². The molecule has 0 aromatic heterocycles. The van der Waals surface area contributed by atoms with Crippen LogP contribution >= 0.6 is 0 Å². The van der Waals surface area contributed by atoms with E-state index >= 15 is 0 Å². The van der Waals surface area contributed by atoms with Crippen molar-refractivity contribution < 1.29 is 28.6 Å². The third-order valence-corrected chi connectivity index (χ3v) is 5.91. The van der Waals surface area contributed by atoms with Crippen LogP contribution in [0.3, 0.4) is 0 Å². The standard InChI is InChI=1S/C34H31N3O6/c38-32(41-24-28-16-7-2-8-17-28)35-31(36-33(39)42-25-29-18-9-3-10-19-29)37(23-13-22-27-14-5-1-6-15-27)34(40)43-26-30-20-11-4-12-21-30/h1-22H,23-26H2,(H,35,36,38,39).